The van der Waals surface area contributed by atoms with Crippen LogP contribution in [0.1, 0.15) is 47.2 Å². The van der Waals surface area contributed by atoms with Crippen LogP contribution >= 0.6 is 0 Å². The van der Waals surface area contributed by atoms with Gasteiger partial charge < -0.3 is 19.4 Å². The van der Waals surface area contributed by atoms with E-state index in [1.165, 1.54) is 0 Å². The van der Waals surface area contributed by atoms with E-state index in [9.17, 15) is 9.59 Å². The molecule has 4 rings (SSSR count). The maximum atomic E-state index is 13.2. The number of pyridine rings is 1. The fraction of sp³-hybridized carbons (Fsp3) is 0.360. The molecule has 1 aliphatic heterocycles. The van der Waals surface area contributed by atoms with Crippen molar-refractivity contribution in [1.82, 2.24) is 9.88 Å². The number of methoxy groups -OCH3 is 2. The molecule has 6 heteroatoms. The lowest BCUT2D eigenvalue weighted by Gasteiger charge is -2.37. The summed E-state index contributed by atoms with van der Waals surface area (Å²) in [4.78, 5) is 31.0. The first-order valence-corrected chi connectivity index (χ1v) is 10.6. The second kappa shape index (κ2) is 8.10. The molecule has 1 atom stereocenters. The number of carbonyl (C=O) groups excluding carboxylic acids is 1. The van der Waals surface area contributed by atoms with Gasteiger partial charge in [0, 0.05) is 29.4 Å². The number of amides is 1. The molecule has 0 saturated heterocycles. The first-order valence-electron chi connectivity index (χ1n) is 10.6. The van der Waals surface area contributed by atoms with Gasteiger partial charge in [-0.05, 0) is 66.8 Å². The van der Waals surface area contributed by atoms with Crippen molar-refractivity contribution in [2.45, 2.75) is 39.7 Å². The number of benzene rings is 2. The summed E-state index contributed by atoms with van der Waals surface area (Å²) in [6.07, 6.45) is 1.07. The topological polar surface area (TPSA) is 71.6 Å². The number of nitrogens with zero attached hydrogens (tertiary/aromatic N) is 1. The summed E-state index contributed by atoms with van der Waals surface area (Å²) in [6, 6.07) is 9.39. The van der Waals surface area contributed by atoms with E-state index in [0.29, 0.717) is 36.4 Å². The third-order valence-electron chi connectivity index (χ3n) is 6.13. The normalized spacial score (nSPS) is 15.6. The van der Waals surface area contributed by atoms with Crippen LogP contribution in [0.2, 0.25) is 0 Å². The van der Waals surface area contributed by atoms with Crippen LogP contribution in [0.5, 0.6) is 11.5 Å². The van der Waals surface area contributed by atoms with E-state index in [1.807, 2.05) is 49.9 Å². The van der Waals surface area contributed by atoms with Crippen LogP contribution in [-0.2, 0) is 11.2 Å². The average molecular weight is 421 g/mol. The molecule has 162 valence electrons. The number of carbonyl (C=O) groups is 1. The first kappa shape index (κ1) is 21.0. The molecular weight excluding hydrogens is 392 g/mol. The van der Waals surface area contributed by atoms with Gasteiger partial charge in [-0.15, -0.1) is 0 Å². The van der Waals surface area contributed by atoms with E-state index in [-0.39, 0.29) is 11.5 Å². The van der Waals surface area contributed by atoms with E-state index in [1.54, 1.807) is 14.2 Å². The van der Waals surface area contributed by atoms with E-state index < -0.39 is 6.04 Å². The summed E-state index contributed by atoms with van der Waals surface area (Å²) < 4.78 is 11.0. The Balaban J connectivity index is 1.99. The lowest BCUT2D eigenvalue weighted by molar-refractivity contribution is -0.132. The Labute approximate surface area is 181 Å². The number of aryl methyl sites for hydroxylation is 2. The van der Waals surface area contributed by atoms with Crippen LogP contribution in [0.3, 0.4) is 0 Å². The largest absolute Gasteiger partial charge is 0.493 e. The maximum absolute atomic E-state index is 13.2. The summed E-state index contributed by atoms with van der Waals surface area (Å²) >= 11 is 0. The van der Waals surface area contributed by atoms with Gasteiger partial charge in [0.25, 0.3) is 5.56 Å². The van der Waals surface area contributed by atoms with Crippen LogP contribution in [-0.4, -0.2) is 36.6 Å². The molecule has 1 unspecified atom stereocenters. The molecule has 1 aliphatic rings. The minimum Gasteiger partial charge on any atom is -0.493 e. The Hall–Kier alpha value is -3.28. The van der Waals surface area contributed by atoms with Crippen molar-refractivity contribution in [2.24, 2.45) is 0 Å². The smallest absolute Gasteiger partial charge is 0.254 e. The molecule has 1 amide bonds. The number of fused-ring (bicyclic) bond motifs is 2. The summed E-state index contributed by atoms with van der Waals surface area (Å²) in [6.45, 7) is 6.44. The number of hydrogen-bond donors (Lipinski definition) is 1. The summed E-state index contributed by atoms with van der Waals surface area (Å²) in [5, 5.41) is 0.983. The highest BCUT2D eigenvalue weighted by atomic mass is 16.5. The van der Waals surface area contributed by atoms with Crippen molar-refractivity contribution in [3.63, 3.8) is 0 Å². The molecular formula is C25H28N2O4. The quantitative estimate of drug-likeness (QED) is 0.691. The molecule has 0 bridgehead atoms. The Morgan fingerprint density at radius 3 is 2.45 bits per heavy atom. The first-order chi connectivity index (χ1) is 14.9. The van der Waals surface area contributed by atoms with Gasteiger partial charge in [-0.1, -0.05) is 13.0 Å². The third-order valence-corrected chi connectivity index (χ3v) is 6.13. The Morgan fingerprint density at radius 1 is 1.06 bits per heavy atom. The lowest BCUT2D eigenvalue weighted by Crippen LogP contribution is -2.42. The molecule has 2 aromatic carbocycles. The number of nitrogens with one attached hydrogen (secondary N) is 1. The van der Waals surface area contributed by atoms with Gasteiger partial charge in [-0.2, -0.15) is 0 Å². The minimum absolute atomic E-state index is 0.0190. The van der Waals surface area contributed by atoms with E-state index >= 15 is 0 Å². The minimum atomic E-state index is -0.482. The highest BCUT2D eigenvalue weighted by Gasteiger charge is 2.34. The van der Waals surface area contributed by atoms with Gasteiger partial charge >= 0.3 is 0 Å². The van der Waals surface area contributed by atoms with Crippen LogP contribution in [0.25, 0.3) is 10.9 Å². The molecule has 0 fully saturated rings. The van der Waals surface area contributed by atoms with E-state index in [4.69, 9.17) is 9.47 Å². The molecule has 0 radical (unpaired) electrons. The average Bonchev–Trinajstić information content (AvgIpc) is 2.76. The van der Waals surface area contributed by atoms with Crippen molar-refractivity contribution in [1.29, 1.82) is 0 Å². The number of rotatable bonds is 4. The van der Waals surface area contributed by atoms with Crippen molar-refractivity contribution in [3.8, 4) is 11.5 Å². The monoisotopic (exact) mass is 420 g/mol. The van der Waals surface area contributed by atoms with Gasteiger partial charge in [0.05, 0.1) is 20.3 Å². The van der Waals surface area contributed by atoms with E-state index in [0.717, 1.165) is 33.2 Å². The van der Waals surface area contributed by atoms with Crippen molar-refractivity contribution in [2.75, 3.05) is 20.8 Å². The van der Waals surface area contributed by atoms with Crippen LogP contribution in [0, 0.1) is 13.8 Å². The fourth-order valence-corrected chi connectivity index (χ4v) is 4.65. The van der Waals surface area contributed by atoms with Crippen LogP contribution < -0.4 is 15.0 Å². The molecule has 3 aromatic rings. The van der Waals surface area contributed by atoms with Crippen molar-refractivity contribution < 1.29 is 14.3 Å². The Morgan fingerprint density at radius 2 is 1.77 bits per heavy atom. The molecule has 0 spiro atoms. The van der Waals surface area contributed by atoms with Gasteiger partial charge in [0.1, 0.15) is 0 Å². The molecule has 31 heavy (non-hydrogen) atoms. The Kier molecular flexibility index (Phi) is 5.48. The predicted octanol–water partition coefficient (Wildman–Crippen LogP) is 4.05. The molecule has 1 aromatic heterocycles. The zero-order chi connectivity index (χ0) is 22.3. The number of aromatic amines is 1. The van der Waals surface area contributed by atoms with Gasteiger partial charge in [-0.25, -0.2) is 0 Å². The SMILES string of the molecule is CCC(=O)N1CCc2cc(OC)c(OC)cc2C1c1cc2c(C)cc(C)cc2[nH]c1=O. The molecule has 1 N–H and O–H groups in total. The fourth-order valence-electron chi connectivity index (χ4n) is 4.65. The third kappa shape index (κ3) is 3.56. The van der Waals surface area contributed by atoms with Gasteiger partial charge in [0.2, 0.25) is 5.91 Å². The van der Waals surface area contributed by atoms with Gasteiger partial charge in [-0.3, -0.25) is 9.59 Å². The van der Waals surface area contributed by atoms with Crippen molar-refractivity contribution in [3.05, 3.63) is 68.5 Å². The maximum Gasteiger partial charge on any atom is 0.254 e. The van der Waals surface area contributed by atoms with Gasteiger partial charge in [0.15, 0.2) is 11.5 Å². The zero-order valence-electron chi connectivity index (χ0n) is 18.7. The predicted molar refractivity (Wildman–Crippen MR) is 121 cm³/mol. The standard InChI is InChI=1S/C25H28N2O4/c1-6-23(28)27-8-7-16-11-21(30-4)22(31-5)13-18(16)24(27)19-12-17-15(3)9-14(2)10-20(17)26-25(19)29/h9-13,24H,6-8H2,1-5H3,(H,26,29). The number of H-pyrrole nitrogens is 1. The van der Waals surface area contributed by atoms with Crippen LogP contribution in [0.15, 0.2) is 35.1 Å². The molecule has 2 heterocycles. The number of ether oxygens (including phenoxy) is 2. The summed E-state index contributed by atoms with van der Waals surface area (Å²) in [7, 11) is 3.20. The highest BCUT2D eigenvalue weighted by molar-refractivity contribution is 5.84. The highest BCUT2D eigenvalue weighted by Crippen LogP contribution is 2.41. The lowest BCUT2D eigenvalue weighted by atomic mass is 9.87. The molecule has 0 saturated carbocycles. The second-order valence-electron chi connectivity index (χ2n) is 8.10. The summed E-state index contributed by atoms with van der Waals surface area (Å²) in [5.74, 6) is 1.25. The second-order valence-corrected chi connectivity index (χ2v) is 8.10. The molecule has 0 aliphatic carbocycles. The van der Waals surface area contributed by atoms with Crippen LogP contribution in [0.4, 0.5) is 0 Å². The number of hydrogen-bond acceptors (Lipinski definition) is 4. The zero-order valence-corrected chi connectivity index (χ0v) is 18.7. The number of aromatic nitrogens is 1. The Bertz CT molecular complexity index is 1230. The van der Waals surface area contributed by atoms with Crippen molar-refractivity contribution >= 4 is 16.8 Å². The van der Waals surface area contributed by atoms with E-state index in [2.05, 4.69) is 11.1 Å². The molecule has 6 nitrogen and oxygen atoms in total. The summed E-state index contributed by atoms with van der Waals surface area (Å²) in [5.41, 5.74) is 5.33.